The fourth-order valence-electron chi connectivity index (χ4n) is 2.03. The van der Waals surface area contributed by atoms with Gasteiger partial charge in [0.15, 0.2) is 0 Å². The summed E-state index contributed by atoms with van der Waals surface area (Å²) in [5, 5.41) is 6.01. The van der Waals surface area contributed by atoms with Gasteiger partial charge in [-0.25, -0.2) is 0 Å². The first-order valence-electron chi connectivity index (χ1n) is 5.03. The van der Waals surface area contributed by atoms with Gasteiger partial charge in [-0.2, -0.15) is 0 Å². The number of hydrogen-bond acceptors (Lipinski definition) is 4. The summed E-state index contributed by atoms with van der Waals surface area (Å²) in [6.45, 7) is 2.23. The van der Waals surface area contributed by atoms with Crippen molar-refractivity contribution in [3.05, 3.63) is 11.1 Å². The van der Waals surface area contributed by atoms with Crippen molar-refractivity contribution in [2.24, 2.45) is 11.8 Å². The van der Waals surface area contributed by atoms with Crippen molar-refractivity contribution in [3.63, 3.8) is 0 Å². The molecule has 1 aromatic rings. The van der Waals surface area contributed by atoms with Crippen LogP contribution in [0.1, 0.15) is 31.9 Å². The summed E-state index contributed by atoms with van der Waals surface area (Å²) < 4.78 is 3.84. The zero-order valence-corrected chi connectivity index (χ0v) is 9.09. The second-order valence-corrected chi connectivity index (χ2v) is 4.73. The summed E-state index contributed by atoms with van der Waals surface area (Å²) in [4.78, 5) is 11.3. The second-order valence-electron chi connectivity index (χ2n) is 4.12. The maximum absolute atomic E-state index is 11.3. The van der Waals surface area contributed by atoms with E-state index in [9.17, 15) is 4.79 Å². The summed E-state index contributed by atoms with van der Waals surface area (Å²) in [6, 6.07) is 0. The molecule has 0 N–H and O–H groups in total. The van der Waals surface area contributed by atoms with Crippen molar-refractivity contribution >= 4 is 17.3 Å². The number of Topliss-reactive ketones (excluding diaryl/α,β-unsaturated/α-hetero) is 1. The highest BCUT2D eigenvalue weighted by atomic mass is 32.1. The van der Waals surface area contributed by atoms with E-state index in [0.717, 1.165) is 31.4 Å². The summed E-state index contributed by atoms with van der Waals surface area (Å²) in [5.41, 5.74) is 1.04. The Balaban J connectivity index is 1.99. The molecule has 3 nitrogen and oxygen atoms in total. The largest absolute Gasteiger partial charge is 0.300 e. The molecule has 0 saturated heterocycles. The highest BCUT2D eigenvalue weighted by Gasteiger charge is 2.26. The van der Waals surface area contributed by atoms with Gasteiger partial charge < -0.3 is 0 Å². The van der Waals surface area contributed by atoms with E-state index < -0.39 is 0 Å². The van der Waals surface area contributed by atoms with Crippen molar-refractivity contribution < 1.29 is 4.79 Å². The minimum atomic E-state index is 0.413. The zero-order chi connectivity index (χ0) is 9.97. The van der Waals surface area contributed by atoms with E-state index in [1.807, 2.05) is 5.38 Å². The predicted molar refractivity (Wildman–Crippen MR) is 55.1 cm³/mol. The topological polar surface area (TPSA) is 42.9 Å². The molecule has 1 saturated carbocycles. The average molecular weight is 210 g/mol. The lowest BCUT2D eigenvalue weighted by molar-refractivity contribution is -0.122. The Labute approximate surface area is 87.7 Å². The smallest absolute Gasteiger partial charge is 0.133 e. The van der Waals surface area contributed by atoms with Crippen molar-refractivity contribution in [1.29, 1.82) is 0 Å². The van der Waals surface area contributed by atoms with E-state index in [4.69, 9.17) is 0 Å². The quantitative estimate of drug-likeness (QED) is 0.750. The third-order valence-corrected chi connectivity index (χ3v) is 3.60. The monoisotopic (exact) mass is 210 g/mol. The standard InChI is InChI=1S/C10H14N2OS/c1-7-2-3-10(13)5-8(7)4-9-6-14-12-11-9/h6-8H,2-5H2,1H3. The molecule has 4 heteroatoms. The SMILES string of the molecule is CC1CCC(=O)CC1Cc1csnn1. The zero-order valence-electron chi connectivity index (χ0n) is 8.27. The maximum Gasteiger partial charge on any atom is 0.133 e. The van der Waals surface area contributed by atoms with Crippen LogP contribution in [-0.2, 0) is 11.2 Å². The number of rotatable bonds is 2. The van der Waals surface area contributed by atoms with Crippen molar-refractivity contribution in [3.8, 4) is 0 Å². The Kier molecular flexibility index (Phi) is 2.91. The van der Waals surface area contributed by atoms with Gasteiger partial charge in [-0.05, 0) is 36.2 Å². The summed E-state index contributed by atoms with van der Waals surface area (Å²) in [7, 11) is 0. The van der Waals surface area contributed by atoms with Gasteiger partial charge in [-0.15, -0.1) is 5.10 Å². The van der Waals surface area contributed by atoms with Crippen LogP contribution in [0.15, 0.2) is 5.38 Å². The molecule has 1 heterocycles. The molecule has 14 heavy (non-hydrogen) atoms. The molecule has 2 rings (SSSR count). The van der Waals surface area contributed by atoms with Crippen LogP contribution in [0.4, 0.5) is 0 Å². The van der Waals surface area contributed by atoms with Crippen LogP contribution >= 0.6 is 11.5 Å². The lowest BCUT2D eigenvalue weighted by Gasteiger charge is -2.26. The summed E-state index contributed by atoms with van der Waals surface area (Å²) in [6.07, 6.45) is 3.47. The first-order valence-corrected chi connectivity index (χ1v) is 5.87. The van der Waals surface area contributed by atoms with Crippen LogP contribution in [0.2, 0.25) is 0 Å². The van der Waals surface area contributed by atoms with Crippen molar-refractivity contribution in [2.45, 2.75) is 32.6 Å². The van der Waals surface area contributed by atoms with Gasteiger partial charge in [0.25, 0.3) is 0 Å². The van der Waals surface area contributed by atoms with Gasteiger partial charge in [-0.1, -0.05) is 11.4 Å². The molecule has 0 bridgehead atoms. The highest BCUT2D eigenvalue weighted by molar-refractivity contribution is 7.03. The van der Waals surface area contributed by atoms with Gasteiger partial charge in [0.1, 0.15) is 5.78 Å². The van der Waals surface area contributed by atoms with E-state index >= 15 is 0 Å². The van der Waals surface area contributed by atoms with Gasteiger partial charge >= 0.3 is 0 Å². The molecule has 76 valence electrons. The van der Waals surface area contributed by atoms with Crippen molar-refractivity contribution in [1.82, 2.24) is 9.59 Å². The molecule has 2 unspecified atom stereocenters. The second kappa shape index (κ2) is 4.17. The summed E-state index contributed by atoms with van der Waals surface area (Å²) in [5.74, 6) is 1.55. The third-order valence-electron chi connectivity index (χ3n) is 3.05. The van der Waals surface area contributed by atoms with E-state index in [2.05, 4.69) is 16.5 Å². The number of carbonyl (C=O) groups is 1. The number of hydrogen-bond donors (Lipinski definition) is 0. The number of ketones is 1. The minimum Gasteiger partial charge on any atom is -0.300 e. The van der Waals surface area contributed by atoms with E-state index in [1.54, 1.807) is 0 Å². The van der Waals surface area contributed by atoms with Crippen LogP contribution in [0, 0.1) is 11.8 Å². The molecule has 1 aliphatic carbocycles. The van der Waals surface area contributed by atoms with Gasteiger partial charge in [0.05, 0.1) is 5.69 Å². The Hall–Kier alpha value is -0.770. The molecular weight excluding hydrogens is 196 g/mol. The first kappa shape index (κ1) is 9.77. The number of carbonyl (C=O) groups excluding carboxylic acids is 1. The van der Waals surface area contributed by atoms with E-state index in [-0.39, 0.29) is 0 Å². The van der Waals surface area contributed by atoms with Gasteiger partial charge in [-0.3, -0.25) is 4.79 Å². The molecule has 1 aromatic heterocycles. The Bertz CT molecular complexity index is 310. The van der Waals surface area contributed by atoms with Gasteiger partial charge in [0.2, 0.25) is 0 Å². The lowest BCUT2D eigenvalue weighted by Crippen LogP contribution is -2.24. The molecule has 0 radical (unpaired) electrons. The number of nitrogens with zero attached hydrogens (tertiary/aromatic N) is 2. The Morgan fingerprint density at radius 1 is 1.64 bits per heavy atom. The average Bonchev–Trinajstić information content (AvgIpc) is 2.64. The minimum absolute atomic E-state index is 0.413. The van der Waals surface area contributed by atoms with Gasteiger partial charge in [0, 0.05) is 18.2 Å². The fraction of sp³-hybridized carbons (Fsp3) is 0.700. The van der Waals surface area contributed by atoms with Crippen LogP contribution in [-0.4, -0.2) is 15.4 Å². The molecule has 2 atom stereocenters. The molecular formula is C10H14N2OS. The molecule has 0 aliphatic heterocycles. The molecule has 0 spiro atoms. The van der Waals surface area contributed by atoms with E-state index in [0.29, 0.717) is 17.6 Å². The fourth-order valence-corrected chi connectivity index (χ4v) is 2.50. The molecule has 1 fully saturated rings. The van der Waals surface area contributed by atoms with Crippen LogP contribution in [0.3, 0.4) is 0 Å². The normalized spacial score (nSPS) is 27.9. The summed E-state index contributed by atoms with van der Waals surface area (Å²) >= 11 is 1.38. The third kappa shape index (κ3) is 2.18. The molecule has 1 aliphatic rings. The first-order chi connectivity index (χ1) is 6.75. The molecule has 0 aromatic carbocycles. The van der Waals surface area contributed by atoms with Crippen molar-refractivity contribution in [2.75, 3.05) is 0 Å². The maximum atomic E-state index is 11.3. The highest BCUT2D eigenvalue weighted by Crippen LogP contribution is 2.29. The van der Waals surface area contributed by atoms with Crippen LogP contribution < -0.4 is 0 Å². The molecule has 0 amide bonds. The predicted octanol–water partition coefficient (Wildman–Crippen LogP) is 2.09. The Morgan fingerprint density at radius 2 is 2.50 bits per heavy atom. The van der Waals surface area contributed by atoms with E-state index in [1.165, 1.54) is 11.5 Å². The number of aromatic nitrogens is 2. The van der Waals surface area contributed by atoms with Crippen LogP contribution in [0.25, 0.3) is 0 Å². The Morgan fingerprint density at radius 3 is 3.21 bits per heavy atom. The van der Waals surface area contributed by atoms with Crippen LogP contribution in [0.5, 0.6) is 0 Å². The lowest BCUT2D eigenvalue weighted by atomic mass is 9.77.